The predicted octanol–water partition coefficient (Wildman–Crippen LogP) is 3.32. The average molecular weight is 308 g/mol. The minimum Gasteiger partial charge on any atom is -0.396 e. The van der Waals surface area contributed by atoms with Gasteiger partial charge in [0.25, 0.3) is 0 Å². The van der Waals surface area contributed by atoms with Gasteiger partial charge in [-0.25, -0.2) is 0 Å². The Kier molecular flexibility index (Phi) is 4.17. The Balaban J connectivity index is 2.26. The number of halogens is 1. The van der Waals surface area contributed by atoms with Gasteiger partial charge in [-0.05, 0) is 33.6 Å². The summed E-state index contributed by atoms with van der Waals surface area (Å²) in [6.45, 7) is 0.586. The van der Waals surface area contributed by atoms with E-state index in [2.05, 4.69) is 26.2 Å². The molecule has 0 aliphatic carbocycles. The second kappa shape index (κ2) is 5.84. The number of nitrogens with zero attached hydrogens (tertiary/aromatic N) is 1. The van der Waals surface area contributed by atoms with E-state index in [0.29, 0.717) is 12.3 Å². The number of anilines is 3. The van der Waals surface area contributed by atoms with Gasteiger partial charge >= 0.3 is 0 Å². The summed E-state index contributed by atoms with van der Waals surface area (Å²) in [6, 6.07) is 7.99. The molecule has 0 bridgehead atoms. The van der Waals surface area contributed by atoms with E-state index in [9.17, 15) is 0 Å². The second-order valence-corrected chi connectivity index (χ2v) is 4.70. The maximum Gasteiger partial charge on any atom is 0.0794 e. The van der Waals surface area contributed by atoms with Crippen LogP contribution >= 0.6 is 15.9 Å². The quantitative estimate of drug-likeness (QED) is 0.909. The molecular formula is C13H14BrN3O. The van der Waals surface area contributed by atoms with E-state index in [1.165, 1.54) is 0 Å². The van der Waals surface area contributed by atoms with Crippen LogP contribution in [0.4, 0.5) is 17.1 Å². The zero-order chi connectivity index (χ0) is 13.0. The summed E-state index contributed by atoms with van der Waals surface area (Å²) in [5.41, 5.74) is 9.37. The lowest BCUT2D eigenvalue weighted by molar-refractivity contribution is 0.185. The van der Waals surface area contributed by atoms with Crippen molar-refractivity contribution in [1.82, 2.24) is 4.98 Å². The van der Waals surface area contributed by atoms with Crippen LogP contribution in [0.15, 0.2) is 41.1 Å². The van der Waals surface area contributed by atoms with Crippen molar-refractivity contribution < 1.29 is 4.74 Å². The molecule has 0 amide bonds. The van der Waals surface area contributed by atoms with Gasteiger partial charge in [-0.15, -0.1) is 0 Å². The first-order valence-electron chi connectivity index (χ1n) is 5.44. The van der Waals surface area contributed by atoms with Gasteiger partial charge in [-0.1, -0.05) is 12.1 Å². The summed E-state index contributed by atoms with van der Waals surface area (Å²) in [5, 5.41) is 3.27. The van der Waals surface area contributed by atoms with Gasteiger partial charge in [0, 0.05) is 19.0 Å². The number of rotatable bonds is 4. The number of aromatic nitrogens is 1. The molecule has 2 rings (SSSR count). The summed E-state index contributed by atoms with van der Waals surface area (Å²) >= 11 is 3.42. The lowest BCUT2D eigenvalue weighted by Crippen LogP contribution is -1.99. The maximum atomic E-state index is 5.89. The number of nitrogens with two attached hydrogens (primary N) is 1. The van der Waals surface area contributed by atoms with E-state index in [0.717, 1.165) is 21.4 Å². The maximum absolute atomic E-state index is 5.89. The molecular weight excluding hydrogens is 294 g/mol. The second-order valence-electron chi connectivity index (χ2n) is 3.84. The Morgan fingerprint density at radius 1 is 1.39 bits per heavy atom. The first-order valence-corrected chi connectivity index (χ1v) is 6.24. The fourth-order valence-corrected chi connectivity index (χ4v) is 2.08. The third-order valence-corrected chi connectivity index (χ3v) is 3.04. The van der Waals surface area contributed by atoms with Crippen LogP contribution in [-0.2, 0) is 11.3 Å². The van der Waals surface area contributed by atoms with Crippen molar-refractivity contribution >= 4 is 33.0 Å². The average Bonchev–Trinajstić information content (AvgIpc) is 2.35. The zero-order valence-corrected chi connectivity index (χ0v) is 11.6. The molecule has 1 aromatic heterocycles. The lowest BCUT2D eigenvalue weighted by Gasteiger charge is -2.11. The standard InChI is InChI=1S/C13H14BrN3O/c1-18-8-9-3-2-4-10(5-9)17-13-11(14)6-16-7-12(13)15/h2-7H,8,15H2,1H3,(H,16,17). The molecule has 0 spiro atoms. The van der Waals surface area contributed by atoms with Gasteiger partial charge in [0.2, 0.25) is 0 Å². The summed E-state index contributed by atoms with van der Waals surface area (Å²) in [5.74, 6) is 0. The van der Waals surface area contributed by atoms with Crippen LogP contribution in [0.25, 0.3) is 0 Å². The molecule has 1 aromatic carbocycles. The number of pyridine rings is 1. The molecule has 0 aliphatic heterocycles. The molecule has 4 nitrogen and oxygen atoms in total. The molecule has 0 fully saturated rings. The smallest absolute Gasteiger partial charge is 0.0794 e. The predicted molar refractivity (Wildman–Crippen MR) is 76.8 cm³/mol. The third kappa shape index (κ3) is 3.00. The van der Waals surface area contributed by atoms with Gasteiger partial charge < -0.3 is 15.8 Å². The van der Waals surface area contributed by atoms with Gasteiger partial charge in [0.1, 0.15) is 0 Å². The number of methoxy groups -OCH3 is 1. The van der Waals surface area contributed by atoms with Crippen molar-refractivity contribution in [3.8, 4) is 0 Å². The van der Waals surface area contributed by atoms with E-state index >= 15 is 0 Å². The molecule has 0 unspecified atom stereocenters. The molecule has 2 aromatic rings. The Labute approximate surface area is 114 Å². The fourth-order valence-electron chi connectivity index (χ4n) is 1.63. The van der Waals surface area contributed by atoms with Gasteiger partial charge in [-0.2, -0.15) is 0 Å². The molecule has 0 saturated heterocycles. The third-order valence-electron chi connectivity index (χ3n) is 2.44. The number of ether oxygens (including phenoxy) is 1. The van der Waals surface area contributed by atoms with E-state index in [-0.39, 0.29) is 0 Å². The van der Waals surface area contributed by atoms with E-state index in [4.69, 9.17) is 10.5 Å². The van der Waals surface area contributed by atoms with Crippen LogP contribution in [-0.4, -0.2) is 12.1 Å². The van der Waals surface area contributed by atoms with E-state index < -0.39 is 0 Å². The molecule has 94 valence electrons. The number of nitrogen functional groups attached to an aromatic ring is 1. The van der Waals surface area contributed by atoms with Crippen LogP contribution in [0.2, 0.25) is 0 Å². The van der Waals surface area contributed by atoms with Crippen molar-refractivity contribution in [3.63, 3.8) is 0 Å². The molecule has 0 radical (unpaired) electrons. The molecule has 0 atom stereocenters. The van der Waals surface area contributed by atoms with E-state index in [1.54, 1.807) is 19.5 Å². The highest BCUT2D eigenvalue weighted by molar-refractivity contribution is 9.10. The minimum absolute atomic E-state index is 0.586. The number of hydrogen-bond acceptors (Lipinski definition) is 4. The van der Waals surface area contributed by atoms with Crippen molar-refractivity contribution in [1.29, 1.82) is 0 Å². The van der Waals surface area contributed by atoms with Crippen LogP contribution in [0.5, 0.6) is 0 Å². The van der Waals surface area contributed by atoms with Crippen molar-refractivity contribution in [2.24, 2.45) is 0 Å². The Morgan fingerprint density at radius 2 is 2.22 bits per heavy atom. The van der Waals surface area contributed by atoms with Crippen LogP contribution in [0.3, 0.4) is 0 Å². The van der Waals surface area contributed by atoms with Crippen LogP contribution in [0, 0.1) is 0 Å². The Morgan fingerprint density at radius 3 is 2.94 bits per heavy atom. The van der Waals surface area contributed by atoms with Crippen molar-refractivity contribution in [2.75, 3.05) is 18.2 Å². The van der Waals surface area contributed by atoms with Gasteiger partial charge in [0.15, 0.2) is 0 Å². The van der Waals surface area contributed by atoms with E-state index in [1.807, 2.05) is 24.3 Å². The summed E-state index contributed by atoms with van der Waals surface area (Å²) < 4.78 is 5.94. The van der Waals surface area contributed by atoms with Crippen LogP contribution in [0.1, 0.15) is 5.56 Å². The zero-order valence-electron chi connectivity index (χ0n) is 9.98. The molecule has 0 aliphatic rings. The van der Waals surface area contributed by atoms with Gasteiger partial charge in [0.05, 0.1) is 28.7 Å². The van der Waals surface area contributed by atoms with Crippen LogP contribution < -0.4 is 11.1 Å². The van der Waals surface area contributed by atoms with Crippen molar-refractivity contribution in [3.05, 3.63) is 46.7 Å². The number of hydrogen-bond donors (Lipinski definition) is 2. The Bertz CT molecular complexity index is 525. The normalized spacial score (nSPS) is 10.3. The first-order chi connectivity index (χ1) is 8.70. The monoisotopic (exact) mass is 307 g/mol. The number of benzene rings is 1. The molecule has 0 saturated carbocycles. The molecule has 1 heterocycles. The highest BCUT2D eigenvalue weighted by atomic mass is 79.9. The highest BCUT2D eigenvalue weighted by Gasteiger charge is 2.05. The van der Waals surface area contributed by atoms with Gasteiger partial charge in [-0.3, -0.25) is 4.98 Å². The van der Waals surface area contributed by atoms with Crippen molar-refractivity contribution in [2.45, 2.75) is 6.61 Å². The number of nitrogens with one attached hydrogen (secondary N) is 1. The Hall–Kier alpha value is -1.59. The summed E-state index contributed by atoms with van der Waals surface area (Å²) in [4.78, 5) is 4.00. The molecule has 18 heavy (non-hydrogen) atoms. The highest BCUT2D eigenvalue weighted by Crippen LogP contribution is 2.30. The molecule has 3 N–H and O–H groups in total. The first kappa shape index (κ1) is 12.9. The topological polar surface area (TPSA) is 60.2 Å². The lowest BCUT2D eigenvalue weighted by atomic mass is 10.2. The SMILES string of the molecule is COCc1cccc(Nc2c(N)cncc2Br)c1. The fraction of sp³-hybridized carbons (Fsp3) is 0.154. The summed E-state index contributed by atoms with van der Waals surface area (Å²) in [7, 11) is 1.68. The molecule has 5 heteroatoms. The summed E-state index contributed by atoms with van der Waals surface area (Å²) in [6.07, 6.45) is 3.32. The largest absolute Gasteiger partial charge is 0.396 e. The minimum atomic E-state index is 0.586.